The van der Waals surface area contributed by atoms with E-state index in [1.54, 1.807) is 54.6 Å². The average Bonchev–Trinajstić information content (AvgIpc) is 2.90. The molecule has 0 aliphatic carbocycles. The Bertz CT molecular complexity index is 1490. The summed E-state index contributed by atoms with van der Waals surface area (Å²) in [5, 5.41) is 3.94. The zero-order valence-electron chi connectivity index (χ0n) is 20.6. The predicted molar refractivity (Wildman–Crippen MR) is 153 cm³/mol. The van der Waals surface area contributed by atoms with Gasteiger partial charge in [0.15, 0.2) is 5.75 Å². The summed E-state index contributed by atoms with van der Waals surface area (Å²) in [7, 11) is -3.71. The number of benzene rings is 4. The van der Waals surface area contributed by atoms with Gasteiger partial charge >= 0.3 is 0 Å². The highest BCUT2D eigenvalue weighted by Gasteiger charge is 2.23. The van der Waals surface area contributed by atoms with Crippen LogP contribution in [0.5, 0.6) is 11.5 Å². The fraction of sp³-hybridized carbons (Fsp3) is 0.138. The number of sulfonamides is 1. The van der Waals surface area contributed by atoms with Crippen LogP contribution in [0.15, 0.2) is 97.1 Å². The third-order valence-electron chi connectivity index (χ3n) is 5.72. The first-order valence-electron chi connectivity index (χ1n) is 11.8. The van der Waals surface area contributed by atoms with Crippen LogP contribution in [0.3, 0.4) is 0 Å². The highest BCUT2D eigenvalue weighted by molar-refractivity contribution is 7.92. The molecule has 4 aromatic rings. The summed E-state index contributed by atoms with van der Waals surface area (Å²) in [5.74, 6) is 0.706. The van der Waals surface area contributed by atoms with E-state index in [1.165, 1.54) is 4.31 Å². The number of hydrogen-bond donors (Lipinski definition) is 1. The van der Waals surface area contributed by atoms with E-state index in [9.17, 15) is 13.2 Å². The molecule has 0 spiro atoms. The van der Waals surface area contributed by atoms with Crippen molar-refractivity contribution in [3.8, 4) is 11.5 Å². The minimum atomic E-state index is -3.71. The van der Waals surface area contributed by atoms with Gasteiger partial charge in [-0.1, -0.05) is 65.7 Å². The molecule has 38 heavy (non-hydrogen) atoms. The Labute approximate surface area is 232 Å². The van der Waals surface area contributed by atoms with Crippen molar-refractivity contribution in [2.75, 3.05) is 17.1 Å². The van der Waals surface area contributed by atoms with Gasteiger partial charge in [0.05, 0.1) is 18.5 Å². The second-order valence-electron chi connectivity index (χ2n) is 8.63. The number of anilines is 1. The fourth-order valence-corrected chi connectivity index (χ4v) is 4.95. The van der Waals surface area contributed by atoms with Crippen LogP contribution in [-0.2, 0) is 23.0 Å². The molecule has 0 aliphatic rings. The highest BCUT2D eigenvalue weighted by Crippen LogP contribution is 2.36. The summed E-state index contributed by atoms with van der Waals surface area (Å²) in [4.78, 5) is 12.6. The Kier molecular flexibility index (Phi) is 8.94. The van der Waals surface area contributed by atoms with Crippen molar-refractivity contribution < 1.29 is 17.9 Å². The number of hydrogen-bond acceptors (Lipinski definition) is 4. The minimum Gasteiger partial charge on any atom is -0.455 e. The maximum Gasteiger partial charge on any atom is 0.251 e. The normalized spacial score (nSPS) is 11.1. The number of nitrogens with one attached hydrogen (secondary N) is 1. The molecule has 0 atom stereocenters. The van der Waals surface area contributed by atoms with Crippen molar-refractivity contribution in [3.05, 3.63) is 124 Å². The van der Waals surface area contributed by atoms with Gasteiger partial charge in [-0.2, -0.15) is 0 Å². The second-order valence-corrected chi connectivity index (χ2v) is 11.4. The Morgan fingerprint density at radius 1 is 0.842 bits per heavy atom. The first-order valence-corrected chi connectivity index (χ1v) is 14.4. The number of amides is 1. The molecule has 4 rings (SSSR count). The van der Waals surface area contributed by atoms with E-state index in [4.69, 9.17) is 27.9 Å². The van der Waals surface area contributed by atoms with Crippen LogP contribution in [0.2, 0.25) is 10.0 Å². The van der Waals surface area contributed by atoms with Crippen LogP contribution < -0.4 is 14.4 Å². The Morgan fingerprint density at radius 3 is 2.13 bits per heavy atom. The van der Waals surface area contributed by atoms with E-state index in [1.807, 2.05) is 42.5 Å². The molecule has 0 radical (unpaired) electrons. The van der Waals surface area contributed by atoms with Gasteiger partial charge in [0.25, 0.3) is 5.91 Å². The monoisotopic (exact) mass is 568 g/mol. The Morgan fingerprint density at radius 2 is 1.47 bits per heavy atom. The lowest BCUT2D eigenvalue weighted by atomic mass is 10.1. The molecule has 0 fully saturated rings. The van der Waals surface area contributed by atoms with Crippen molar-refractivity contribution in [1.82, 2.24) is 5.32 Å². The zero-order valence-corrected chi connectivity index (χ0v) is 22.9. The quantitative estimate of drug-likeness (QED) is 0.230. The molecule has 6 nitrogen and oxygen atoms in total. The lowest BCUT2D eigenvalue weighted by molar-refractivity contribution is 0.0954. The van der Waals surface area contributed by atoms with Crippen molar-refractivity contribution >= 4 is 44.8 Å². The van der Waals surface area contributed by atoms with Crippen LogP contribution >= 0.6 is 23.2 Å². The molecule has 0 heterocycles. The highest BCUT2D eigenvalue weighted by atomic mass is 35.5. The van der Waals surface area contributed by atoms with E-state index in [0.29, 0.717) is 51.3 Å². The molecule has 0 saturated carbocycles. The van der Waals surface area contributed by atoms with Crippen LogP contribution in [-0.4, -0.2) is 27.1 Å². The number of ether oxygens (including phenoxy) is 1. The maximum absolute atomic E-state index is 12.8. The number of para-hydroxylation sites is 1. The average molecular weight is 570 g/mol. The summed E-state index contributed by atoms with van der Waals surface area (Å²) in [6.07, 6.45) is 1.81. The first-order chi connectivity index (χ1) is 18.2. The molecule has 9 heteroatoms. The third-order valence-corrected chi connectivity index (χ3v) is 7.33. The van der Waals surface area contributed by atoms with E-state index in [-0.39, 0.29) is 12.5 Å². The summed E-state index contributed by atoms with van der Waals surface area (Å²) in [5.41, 5.74) is 2.56. The van der Waals surface area contributed by atoms with Crippen LogP contribution in [0, 0.1) is 0 Å². The Hall–Kier alpha value is -3.52. The van der Waals surface area contributed by atoms with Gasteiger partial charge in [-0.15, -0.1) is 0 Å². The van der Waals surface area contributed by atoms with E-state index in [2.05, 4.69) is 5.32 Å². The molecular weight excluding hydrogens is 543 g/mol. The minimum absolute atomic E-state index is 0.0305. The van der Waals surface area contributed by atoms with Crippen LogP contribution in [0.1, 0.15) is 21.5 Å². The molecule has 4 aromatic carbocycles. The lowest BCUT2D eigenvalue weighted by Gasteiger charge is -2.25. The molecule has 0 bridgehead atoms. The maximum atomic E-state index is 12.8. The number of carbonyl (C=O) groups is 1. The summed E-state index contributed by atoms with van der Waals surface area (Å²) >= 11 is 12.1. The van der Waals surface area contributed by atoms with Crippen LogP contribution in [0.25, 0.3) is 0 Å². The number of carbonyl (C=O) groups excluding carboxylic acids is 1. The Balaban J connectivity index is 1.47. The van der Waals surface area contributed by atoms with E-state index >= 15 is 0 Å². The van der Waals surface area contributed by atoms with Crippen molar-refractivity contribution in [1.29, 1.82) is 0 Å². The topological polar surface area (TPSA) is 75.7 Å². The van der Waals surface area contributed by atoms with Gasteiger partial charge < -0.3 is 10.1 Å². The molecule has 1 N–H and O–H groups in total. The largest absolute Gasteiger partial charge is 0.455 e. The van der Waals surface area contributed by atoms with Crippen molar-refractivity contribution in [2.45, 2.75) is 13.0 Å². The smallest absolute Gasteiger partial charge is 0.251 e. The van der Waals surface area contributed by atoms with Gasteiger partial charge in [-0.05, 0) is 72.1 Å². The number of halogens is 2. The van der Waals surface area contributed by atoms with Gasteiger partial charge in [0.2, 0.25) is 10.0 Å². The predicted octanol–water partition coefficient (Wildman–Crippen LogP) is 6.72. The fourth-order valence-electron chi connectivity index (χ4n) is 3.77. The van der Waals surface area contributed by atoms with Gasteiger partial charge in [-0.3, -0.25) is 9.10 Å². The zero-order chi connectivity index (χ0) is 27.1. The molecule has 0 saturated heterocycles. The second kappa shape index (κ2) is 12.3. The molecule has 1 amide bonds. The van der Waals surface area contributed by atoms with Gasteiger partial charge in [0.1, 0.15) is 5.75 Å². The van der Waals surface area contributed by atoms with Crippen molar-refractivity contribution in [3.63, 3.8) is 0 Å². The third kappa shape index (κ3) is 7.51. The summed E-state index contributed by atoms with van der Waals surface area (Å²) in [6.45, 7) is 0.506. The lowest BCUT2D eigenvalue weighted by Crippen LogP contribution is -2.30. The van der Waals surface area contributed by atoms with E-state index in [0.717, 1.165) is 11.8 Å². The van der Waals surface area contributed by atoms with E-state index < -0.39 is 10.0 Å². The summed E-state index contributed by atoms with van der Waals surface area (Å²) < 4.78 is 32.9. The van der Waals surface area contributed by atoms with Crippen LogP contribution in [0.4, 0.5) is 5.69 Å². The first kappa shape index (κ1) is 27.5. The van der Waals surface area contributed by atoms with Gasteiger partial charge in [0, 0.05) is 22.2 Å². The standard InChI is InChI=1S/C29H26Cl2N2O4S/c1-38(35,36)33(27-19-25(31)15-16-28(27)37-26-5-3-2-4-6-26)20-22-7-11-23(12-8-22)29(34)32-18-17-21-9-13-24(30)14-10-21/h2-16,19H,17-18,20H2,1H3,(H,32,34). The molecule has 0 unspecified atom stereocenters. The number of nitrogens with zero attached hydrogens (tertiary/aromatic N) is 1. The molecule has 0 aliphatic heterocycles. The summed E-state index contributed by atoms with van der Waals surface area (Å²) in [6, 6.07) is 28.2. The number of rotatable bonds is 10. The SMILES string of the molecule is CS(=O)(=O)N(Cc1ccc(C(=O)NCCc2ccc(Cl)cc2)cc1)c1cc(Cl)ccc1Oc1ccccc1. The van der Waals surface area contributed by atoms with Crippen molar-refractivity contribution in [2.24, 2.45) is 0 Å². The van der Waals surface area contributed by atoms with Gasteiger partial charge in [-0.25, -0.2) is 8.42 Å². The molecular formula is C29H26Cl2N2O4S. The molecule has 196 valence electrons. The molecule has 0 aromatic heterocycles.